The Morgan fingerprint density at radius 2 is 1.96 bits per heavy atom. The Hall–Kier alpha value is -2.13. The van der Waals surface area contributed by atoms with Crippen LogP contribution in [0.2, 0.25) is 5.02 Å². The van der Waals surface area contributed by atoms with Gasteiger partial charge in [0.05, 0.1) is 35.7 Å². The Kier molecular flexibility index (Phi) is 4.72. The number of halogens is 4. The number of morpholine rings is 1. The Bertz CT molecular complexity index is 722. The van der Waals surface area contributed by atoms with Crippen molar-refractivity contribution >= 4 is 29.1 Å². The molecule has 1 saturated heterocycles. The van der Waals surface area contributed by atoms with Crippen LogP contribution in [0.3, 0.4) is 0 Å². The molecule has 128 valence electrons. The highest BCUT2D eigenvalue weighted by Gasteiger charge is 2.31. The monoisotopic (exact) mass is 359 g/mol. The van der Waals surface area contributed by atoms with Crippen LogP contribution >= 0.6 is 11.6 Å². The first kappa shape index (κ1) is 16.7. The van der Waals surface area contributed by atoms with Gasteiger partial charge < -0.3 is 15.0 Å². The molecule has 1 N–H and O–H groups in total. The van der Waals surface area contributed by atoms with Crippen molar-refractivity contribution in [3.8, 4) is 0 Å². The minimum Gasteiger partial charge on any atom is -0.378 e. The van der Waals surface area contributed by atoms with Crippen LogP contribution in [0.1, 0.15) is 5.56 Å². The molecule has 0 saturated carbocycles. The van der Waals surface area contributed by atoms with Gasteiger partial charge in [0.25, 0.3) is 0 Å². The predicted molar refractivity (Wildman–Crippen MR) is 82.6 cm³/mol. The lowest BCUT2D eigenvalue weighted by atomic mass is 10.2. The van der Waals surface area contributed by atoms with E-state index < -0.39 is 11.7 Å². The van der Waals surface area contributed by atoms with Crippen molar-refractivity contribution in [2.24, 2.45) is 0 Å². The normalized spacial score (nSPS) is 15.4. The number of aromatic nitrogens is 3. The van der Waals surface area contributed by atoms with Crippen molar-refractivity contribution in [2.45, 2.75) is 6.18 Å². The van der Waals surface area contributed by atoms with Gasteiger partial charge in [-0.25, -0.2) is 0 Å². The van der Waals surface area contributed by atoms with Gasteiger partial charge in [0.1, 0.15) is 0 Å². The maximum atomic E-state index is 12.8. The van der Waals surface area contributed by atoms with Crippen LogP contribution in [-0.2, 0) is 10.9 Å². The quantitative estimate of drug-likeness (QED) is 0.908. The highest BCUT2D eigenvalue weighted by atomic mass is 35.5. The van der Waals surface area contributed by atoms with Gasteiger partial charge in [0.2, 0.25) is 5.95 Å². The molecular weight excluding hydrogens is 347 g/mol. The number of anilines is 3. The maximum Gasteiger partial charge on any atom is 0.416 e. The van der Waals surface area contributed by atoms with Crippen LogP contribution in [-0.4, -0.2) is 41.5 Å². The van der Waals surface area contributed by atoms with E-state index in [1.54, 1.807) is 0 Å². The first-order valence-corrected chi connectivity index (χ1v) is 7.47. The van der Waals surface area contributed by atoms with Crippen LogP contribution in [0.4, 0.5) is 30.6 Å². The second-order valence-corrected chi connectivity index (χ2v) is 5.47. The molecule has 2 aromatic rings. The summed E-state index contributed by atoms with van der Waals surface area (Å²) < 4.78 is 43.7. The summed E-state index contributed by atoms with van der Waals surface area (Å²) >= 11 is 5.96. The van der Waals surface area contributed by atoms with Crippen LogP contribution in [0.15, 0.2) is 24.4 Å². The van der Waals surface area contributed by atoms with Gasteiger partial charge in [0.15, 0.2) is 5.82 Å². The summed E-state index contributed by atoms with van der Waals surface area (Å²) in [4.78, 5) is 6.15. The van der Waals surface area contributed by atoms with Gasteiger partial charge in [-0.05, 0) is 18.2 Å². The first-order chi connectivity index (χ1) is 11.4. The molecule has 1 aromatic carbocycles. The SMILES string of the molecule is FC(F)(F)c1ccc(Cl)c(Nc2cnnc(N3CCOCC3)n2)c1. The van der Waals surface area contributed by atoms with Crippen molar-refractivity contribution in [3.05, 3.63) is 35.0 Å². The second-order valence-electron chi connectivity index (χ2n) is 5.06. The zero-order chi connectivity index (χ0) is 17.2. The van der Waals surface area contributed by atoms with Crippen LogP contribution < -0.4 is 10.2 Å². The van der Waals surface area contributed by atoms with Crippen LogP contribution in [0.25, 0.3) is 0 Å². The van der Waals surface area contributed by atoms with E-state index >= 15 is 0 Å². The van der Waals surface area contributed by atoms with Gasteiger partial charge in [-0.2, -0.15) is 23.3 Å². The smallest absolute Gasteiger partial charge is 0.378 e. The lowest BCUT2D eigenvalue weighted by molar-refractivity contribution is -0.137. The van der Waals surface area contributed by atoms with Crippen LogP contribution in [0, 0.1) is 0 Å². The number of ether oxygens (including phenoxy) is 1. The zero-order valence-corrected chi connectivity index (χ0v) is 13.1. The number of hydrogen-bond donors (Lipinski definition) is 1. The van der Waals surface area contributed by atoms with Crippen molar-refractivity contribution < 1.29 is 17.9 Å². The van der Waals surface area contributed by atoms with Gasteiger partial charge in [-0.15, -0.1) is 5.10 Å². The molecule has 2 heterocycles. The fourth-order valence-corrected chi connectivity index (χ4v) is 2.35. The second kappa shape index (κ2) is 6.78. The Morgan fingerprint density at radius 3 is 2.67 bits per heavy atom. The number of alkyl halides is 3. The third-order valence-electron chi connectivity index (χ3n) is 3.40. The summed E-state index contributed by atoms with van der Waals surface area (Å²) in [6, 6.07) is 3.04. The molecule has 3 rings (SSSR count). The fourth-order valence-electron chi connectivity index (χ4n) is 2.19. The summed E-state index contributed by atoms with van der Waals surface area (Å²) in [5.41, 5.74) is -0.704. The molecular formula is C14H13ClF3N5O. The van der Waals surface area contributed by atoms with E-state index in [0.717, 1.165) is 12.1 Å². The highest BCUT2D eigenvalue weighted by molar-refractivity contribution is 6.33. The standard InChI is InChI=1S/C14H13ClF3N5O/c15-10-2-1-9(14(16,17)18)7-11(10)20-12-8-19-22-13(21-12)23-3-5-24-6-4-23/h1-2,7-8H,3-6H2,(H,20,21,22). The van der Waals surface area contributed by atoms with E-state index in [4.69, 9.17) is 16.3 Å². The third-order valence-corrected chi connectivity index (χ3v) is 3.73. The Labute approximate surface area is 140 Å². The van der Waals surface area contributed by atoms with Crippen molar-refractivity contribution in [1.82, 2.24) is 15.2 Å². The maximum absolute atomic E-state index is 12.8. The van der Waals surface area contributed by atoms with E-state index in [1.165, 1.54) is 12.3 Å². The van der Waals surface area contributed by atoms with Gasteiger partial charge in [0, 0.05) is 13.1 Å². The molecule has 0 bridgehead atoms. The van der Waals surface area contributed by atoms with Gasteiger partial charge in [-0.3, -0.25) is 0 Å². The van der Waals surface area contributed by atoms with Crippen molar-refractivity contribution in [3.63, 3.8) is 0 Å². The molecule has 0 aliphatic carbocycles. The lowest BCUT2D eigenvalue weighted by Crippen LogP contribution is -2.37. The molecule has 24 heavy (non-hydrogen) atoms. The summed E-state index contributed by atoms with van der Waals surface area (Å²) in [7, 11) is 0. The number of rotatable bonds is 3. The molecule has 10 heteroatoms. The molecule has 0 radical (unpaired) electrons. The minimum atomic E-state index is -4.45. The van der Waals surface area contributed by atoms with E-state index in [-0.39, 0.29) is 16.5 Å². The number of nitrogens with one attached hydrogen (secondary N) is 1. The molecule has 1 aliphatic rings. The Balaban J connectivity index is 1.83. The van der Waals surface area contributed by atoms with Crippen molar-refractivity contribution in [2.75, 3.05) is 36.5 Å². The highest BCUT2D eigenvalue weighted by Crippen LogP contribution is 2.34. The minimum absolute atomic E-state index is 0.0971. The zero-order valence-electron chi connectivity index (χ0n) is 12.3. The lowest BCUT2D eigenvalue weighted by Gasteiger charge is -2.26. The Morgan fingerprint density at radius 1 is 1.21 bits per heavy atom. The number of nitrogens with zero attached hydrogens (tertiary/aromatic N) is 4. The number of benzene rings is 1. The van der Waals surface area contributed by atoms with Gasteiger partial charge >= 0.3 is 6.18 Å². The molecule has 0 atom stereocenters. The molecule has 0 unspecified atom stereocenters. The topological polar surface area (TPSA) is 63.2 Å². The van der Waals surface area contributed by atoms with E-state index in [0.29, 0.717) is 32.3 Å². The van der Waals surface area contributed by atoms with Crippen LogP contribution in [0.5, 0.6) is 0 Å². The summed E-state index contributed by atoms with van der Waals surface area (Å²) in [6.45, 7) is 2.35. The molecule has 0 spiro atoms. The molecule has 1 fully saturated rings. The third kappa shape index (κ3) is 3.85. The summed E-state index contributed by atoms with van der Waals surface area (Å²) in [5, 5.41) is 10.7. The molecule has 1 aromatic heterocycles. The average molecular weight is 360 g/mol. The fraction of sp³-hybridized carbons (Fsp3) is 0.357. The van der Waals surface area contributed by atoms with E-state index in [1.807, 2.05) is 4.90 Å². The summed E-state index contributed by atoms with van der Waals surface area (Å²) in [5.74, 6) is 0.638. The van der Waals surface area contributed by atoms with E-state index in [2.05, 4.69) is 20.5 Å². The molecule has 6 nitrogen and oxygen atoms in total. The molecule has 1 aliphatic heterocycles. The predicted octanol–water partition coefficient (Wildman–Crippen LogP) is 3.12. The van der Waals surface area contributed by atoms with E-state index in [9.17, 15) is 13.2 Å². The van der Waals surface area contributed by atoms with Gasteiger partial charge in [-0.1, -0.05) is 11.6 Å². The molecule has 0 amide bonds. The number of hydrogen-bond acceptors (Lipinski definition) is 6. The summed E-state index contributed by atoms with van der Waals surface area (Å²) in [6.07, 6.45) is -3.13. The first-order valence-electron chi connectivity index (χ1n) is 7.10. The van der Waals surface area contributed by atoms with Crippen molar-refractivity contribution in [1.29, 1.82) is 0 Å². The average Bonchev–Trinajstić information content (AvgIpc) is 2.57. The largest absolute Gasteiger partial charge is 0.416 e.